The highest BCUT2D eigenvalue weighted by molar-refractivity contribution is 5.44. The number of nitrogens with two attached hydrogens (primary N) is 1. The van der Waals surface area contributed by atoms with Gasteiger partial charge in [0.2, 0.25) is 0 Å². The van der Waals surface area contributed by atoms with Crippen molar-refractivity contribution in [3.05, 3.63) is 64.7 Å². The molecule has 124 valence electrons. The predicted molar refractivity (Wildman–Crippen MR) is 97.7 cm³/mol. The van der Waals surface area contributed by atoms with Crippen molar-refractivity contribution in [3.63, 3.8) is 0 Å². The van der Waals surface area contributed by atoms with Crippen LogP contribution in [0, 0.1) is 19.8 Å². The standard InChI is InChI=1S/C21H29NO/c1-15(2)10-11-20(22)19-12-16(3)21(17(4)13-19)23-14-18-8-6-5-7-9-18/h5-9,12-13,15,20H,10-11,14,22H2,1-4H3/t20-/m1/s1. The highest BCUT2D eigenvalue weighted by Crippen LogP contribution is 2.29. The second-order valence-corrected chi connectivity index (χ2v) is 6.84. The van der Waals surface area contributed by atoms with E-state index in [0.717, 1.165) is 29.7 Å². The lowest BCUT2D eigenvalue weighted by atomic mass is 9.95. The van der Waals surface area contributed by atoms with Crippen molar-refractivity contribution in [3.8, 4) is 5.75 Å². The van der Waals surface area contributed by atoms with E-state index in [-0.39, 0.29) is 6.04 Å². The predicted octanol–water partition coefficient (Wildman–Crippen LogP) is 5.32. The van der Waals surface area contributed by atoms with Crippen LogP contribution in [-0.2, 0) is 6.61 Å². The van der Waals surface area contributed by atoms with Gasteiger partial charge in [-0.15, -0.1) is 0 Å². The van der Waals surface area contributed by atoms with Crippen molar-refractivity contribution in [2.24, 2.45) is 11.7 Å². The van der Waals surface area contributed by atoms with Crippen LogP contribution in [0.25, 0.3) is 0 Å². The van der Waals surface area contributed by atoms with Gasteiger partial charge in [-0.1, -0.05) is 56.3 Å². The van der Waals surface area contributed by atoms with Crippen LogP contribution in [0.15, 0.2) is 42.5 Å². The summed E-state index contributed by atoms with van der Waals surface area (Å²) in [5.74, 6) is 1.67. The summed E-state index contributed by atoms with van der Waals surface area (Å²) in [4.78, 5) is 0. The number of aryl methyl sites for hydroxylation is 2. The Morgan fingerprint density at radius 3 is 2.13 bits per heavy atom. The smallest absolute Gasteiger partial charge is 0.125 e. The summed E-state index contributed by atoms with van der Waals surface area (Å²) >= 11 is 0. The Morgan fingerprint density at radius 1 is 0.957 bits per heavy atom. The van der Waals surface area contributed by atoms with Gasteiger partial charge in [0, 0.05) is 6.04 Å². The van der Waals surface area contributed by atoms with E-state index in [2.05, 4.69) is 52.0 Å². The fourth-order valence-electron chi connectivity index (χ4n) is 2.83. The lowest BCUT2D eigenvalue weighted by Gasteiger charge is -2.18. The van der Waals surface area contributed by atoms with Crippen molar-refractivity contribution in [1.29, 1.82) is 0 Å². The monoisotopic (exact) mass is 311 g/mol. The lowest BCUT2D eigenvalue weighted by Crippen LogP contribution is -2.12. The third-order valence-electron chi connectivity index (χ3n) is 4.19. The van der Waals surface area contributed by atoms with Crippen LogP contribution in [-0.4, -0.2) is 0 Å². The second kappa shape index (κ2) is 8.16. The minimum atomic E-state index is 0.109. The van der Waals surface area contributed by atoms with Crippen LogP contribution in [0.1, 0.15) is 55.0 Å². The van der Waals surface area contributed by atoms with Crippen molar-refractivity contribution in [2.45, 2.75) is 53.2 Å². The molecule has 0 heterocycles. The van der Waals surface area contributed by atoms with Gasteiger partial charge >= 0.3 is 0 Å². The largest absolute Gasteiger partial charge is 0.488 e. The van der Waals surface area contributed by atoms with E-state index in [4.69, 9.17) is 10.5 Å². The molecule has 0 saturated heterocycles. The Hall–Kier alpha value is -1.80. The molecule has 0 radical (unpaired) electrons. The molecule has 0 aromatic heterocycles. The number of hydrogen-bond acceptors (Lipinski definition) is 2. The molecule has 0 aliphatic heterocycles. The van der Waals surface area contributed by atoms with Gasteiger partial charge in [0.25, 0.3) is 0 Å². The first kappa shape index (κ1) is 17.6. The molecule has 0 amide bonds. The number of rotatable bonds is 7. The highest BCUT2D eigenvalue weighted by Gasteiger charge is 2.12. The SMILES string of the molecule is Cc1cc([C@H](N)CCC(C)C)cc(C)c1OCc1ccccc1. The van der Waals surface area contributed by atoms with Crippen LogP contribution in [0.4, 0.5) is 0 Å². The van der Waals surface area contributed by atoms with Crippen molar-refractivity contribution in [2.75, 3.05) is 0 Å². The third kappa shape index (κ3) is 5.11. The molecular formula is C21H29NO. The van der Waals surface area contributed by atoms with Crippen LogP contribution in [0.5, 0.6) is 5.75 Å². The van der Waals surface area contributed by atoms with E-state index < -0.39 is 0 Å². The van der Waals surface area contributed by atoms with E-state index in [1.807, 2.05) is 18.2 Å². The summed E-state index contributed by atoms with van der Waals surface area (Å²) in [5.41, 5.74) is 11.1. The van der Waals surface area contributed by atoms with E-state index >= 15 is 0 Å². The molecule has 0 saturated carbocycles. The number of hydrogen-bond donors (Lipinski definition) is 1. The first-order valence-electron chi connectivity index (χ1n) is 8.50. The van der Waals surface area contributed by atoms with Crippen LogP contribution < -0.4 is 10.5 Å². The van der Waals surface area contributed by atoms with Gasteiger partial charge in [-0.2, -0.15) is 0 Å². The zero-order valence-electron chi connectivity index (χ0n) is 14.8. The topological polar surface area (TPSA) is 35.2 Å². The number of ether oxygens (including phenoxy) is 1. The number of benzene rings is 2. The lowest BCUT2D eigenvalue weighted by molar-refractivity contribution is 0.302. The zero-order chi connectivity index (χ0) is 16.8. The molecular weight excluding hydrogens is 282 g/mol. The maximum atomic E-state index is 6.36. The molecule has 23 heavy (non-hydrogen) atoms. The summed E-state index contributed by atoms with van der Waals surface area (Å²) in [7, 11) is 0. The van der Waals surface area contributed by atoms with E-state index in [9.17, 15) is 0 Å². The van der Waals surface area contributed by atoms with Gasteiger partial charge in [-0.05, 0) is 54.9 Å². The van der Waals surface area contributed by atoms with Crippen LogP contribution >= 0.6 is 0 Å². The molecule has 2 aromatic rings. The molecule has 2 N–H and O–H groups in total. The second-order valence-electron chi connectivity index (χ2n) is 6.84. The molecule has 2 aromatic carbocycles. The molecule has 0 aliphatic rings. The van der Waals surface area contributed by atoms with E-state index in [1.54, 1.807) is 0 Å². The van der Waals surface area contributed by atoms with Gasteiger partial charge in [0.1, 0.15) is 12.4 Å². The normalized spacial score (nSPS) is 12.4. The summed E-state index contributed by atoms with van der Waals surface area (Å²) in [5, 5.41) is 0. The fraction of sp³-hybridized carbons (Fsp3) is 0.429. The van der Waals surface area contributed by atoms with Crippen molar-refractivity contribution in [1.82, 2.24) is 0 Å². The highest BCUT2D eigenvalue weighted by atomic mass is 16.5. The Bertz CT molecular complexity index is 596. The van der Waals surface area contributed by atoms with Crippen molar-refractivity contribution < 1.29 is 4.74 Å². The Labute approximate surface area is 140 Å². The summed E-state index contributed by atoms with van der Waals surface area (Å²) in [6, 6.07) is 14.7. The molecule has 2 rings (SSSR count). The van der Waals surface area contributed by atoms with Gasteiger partial charge < -0.3 is 10.5 Å². The fourth-order valence-corrected chi connectivity index (χ4v) is 2.83. The van der Waals surface area contributed by atoms with Crippen molar-refractivity contribution >= 4 is 0 Å². The van der Waals surface area contributed by atoms with E-state index in [0.29, 0.717) is 12.5 Å². The first-order valence-corrected chi connectivity index (χ1v) is 8.50. The summed E-state index contributed by atoms with van der Waals surface area (Å²) in [6.07, 6.45) is 2.19. The average molecular weight is 311 g/mol. The van der Waals surface area contributed by atoms with Gasteiger partial charge in [0.15, 0.2) is 0 Å². The average Bonchev–Trinajstić information content (AvgIpc) is 2.52. The molecule has 2 nitrogen and oxygen atoms in total. The Kier molecular flexibility index (Phi) is 6.23. The summed E-state index contributed by atoms with van der Waals surface area (Å²) < 4.78 is 6.05. The van der Waals surface area contributed by atoms with Gasteiger partial charge in [-0.3, -0.25) is 0 Å². The minimum Gasteiger partial charge on any atom is -0.488 e. The molecule has 0 fully saturated rings. The maximum Gasteiger partial charge on any atom is 0.125 e. The minimum absolute atomic E-state index is 0.109. The Balaban J connectivity index is 2.07. The molecule has 0 bridgehead atoms. The first-order chi connectivity index (χ1) is 11.0. The van der Waals surface area contributed by atoms with E-state index in [1.165, 1.54) is 11.1 Å². The molecule has 0 unspecified atom stereocenters. The van der Waals surface area contributed by atoms with Gasteiger partial charge in [0.05, 0.1) is 0 Å². The molecule has 2 heteroatoms. The Morgan fingerprint density at radius 2 is 1.57 bits per heavy atom. The molecule has 0 aliphatic carbocycles. The van der Waals surface area contributed by atoms with Crippen LogP contribution in [0.2, 0.25) is 0 Å². The quantitative estimate of drug-likeness (QED) is 0.751. The summed E-state index contributed by atoms with van der Waals surface area (Å²) in [6.45, 7) is 9.28. The molecule has 1 atom stereocenters. The maximum absolute atomic E-state index is 6.36. The van der Waals surface area contributed by atoms with Gasteiger partial charge in [-0.25, -0.2) is 0 Å². The third-order valence-corrected chi connectivity index (χ3v) is 4.19. The zero-order valence-corrected chi connectivity index (χ0v) is 14.8. The van der Waals surface area contributed by atoms with Crippen LogP contribution in [0.3, 0.4) is 0 Å². The molecule has 0 spiro atoms.